The Hall–Kier alpha value is -1.53. The Labute approximate surface area is 136 Å². The maximum Gasteiger partial charge on any atom is 0.226 e. The molecule has 0 bridgehead atoms. The predicted octanol–water partition coefficient (Wildman–Crippen LogP) is 3.53. The van der Waals surface area contributed by atoms with Crippen LogP contribution in [0.5, 0.6) is 0 Å². The normalized spacial score (nSPS) is 10.7. The maximum atomic E-state index is 12.0. The zero-order valence-corrected chi connectivity index (χ0v) is 14.1. The van der Waals surface area contributed by atoms with Gasteiger partial charge in [-0.1, -0.05) is 11.6 Å². The topological polar surface area (TPSA) is 72.9 Å². The molecule has 112 valence electrons. The van der Waals surface area contributed by atoms with E-state index in [2.05, 4.69) is 26.3 Å². The summed E-state index contributed by atoms with van der Waals surface area (Å²) in [6, 6.07) is 4.98. The molecule has 7 heteroatoms. The van der Waals surface area contributed by atoms with E-state index in [0.29, 0.717) is 29.4 Å². The SMILES string of the molecule is Cc1nn(CCC(=O)Nc2ccc(Cl)cc2N)c(C)c1Br. The summed E-state index contributed by atoms with van der Waals surface area (Å²) in [5, 5.41) is 7.68. The summed E-state index contributed by atoms with van der Waals surface area (Å²) in [5.74, 6) is -0.118. The highest BCUT2D eigenvalue weighted by Gasteiger charge is 2.11. The Balaban J connectivity index is 1.97. The lowest BCUT2D eigenvalue weighted by Crippen LogP contribution is -2.16. The van der Waals surface area contributed by atoms with Gasteiger partial charge in [-0.05, 0) is 48.0 Å². The first-order chi connectivity index (χ1) is 9.88. The van der Waals surface area contributed by atoms with Crippen LogP contribution in [0.15, 0.2) is 22.7 Å². The summed E-state index contributed by atoms with van der Waals surface area (Å²) in [6.07, 6.45) is 0.316. The van der Waals surface area contributed by atoms with Crippen molar-refractivity contribution in [2.24, 2.45) is 0 Å². The molecule has 0 aliphatic heterocycles. The molecule has 0 unspecified atom stereocenters. The number of nitrogens with zero attached hydrogens (tertiary/aromatic N) is 2. The molecule has 0 atom stereocenters. The number of anilines is 2. The summed E-state index contributed by atoms with van der Waals surface area (Å²) >= 11 is 9.28. The van der Waals surface area contributed by atoms with Crippen molar-refractivity contribution in [3.8, 4) is 0 Å². The fourth-order valence-electron chi connectivity index (χ4n) is 1.96. The zero-order valence-electron chi connectivity index (χ0n) is 11.8. The fraction of sp³-hybridized carbons (Fsp3) is 0.286. The molecule has 0 saturated heterocycles. The molecule has 1 heterocycles. The van der Waals surface area contributed by atoms with Crippen LogP contribution in [0.1, 0.15) is 17.8 Å². The van der Waals surface area contributed by atoms with Crippen LogP contribution >= 0.6 is 27.5 Å². The number of halogens is 2. The maximum absolute atomic E-state index is 12.0. The highest BCUT2D eigenvalue weighted by Crippen LogP contribution is 2.23. The van der Waals surface area contributed by atoms with Gasteiger partial charge in [-0.25, -0.2) is 0 Å². The number of nitrogens with two attached hydrogens (primary N) is 1. The van der Waals surface area contributed by atoms with Crippen molar-refractivity contribution in [3.05, 3.63) is 39.1 Å². The van der Waals surface area contributed by atoms with Gasteiger partial charge in [0.15, 0.2) is 0 Å². The average Bonchev–Trinajstić information content (AvgIpc) is 2.67. The van der Waals surface area contributed by atoms with E-state index in [4.69, 9.17) is 17.3 Å². The van der Waals surface area contributed by atoms with E-state index in [9.17, 15) is 4.79 Å². The molecule has 0 aliphatic rings. The molecule has 2 rings (SSSR count). The van der Waals surface area contributed by atoms with E-state index in [-0.39, 0.29) is 5.91 Å². The van der Waals surface area contributed by atoms with Gasteiger partial charge in [0.05, 0.1) is 28.1 Å². The first kappa shape index (κ1) is 15.9. The van der Waals surface area contributed by atoms with Gasteiger partial charge < -0.3 is 11.1 Å². The Kier molecular flexibility index (Phi) is 4.90. The molecular weight excluding hydrogens is 356 g/mol. The second-order valence-electron chi connectivity index (χ2n) is 4.74. The standard InChI is InChI=1S/C14H16BrClN4O/c1-8-14(15)9(2)20(19-8)6-5-13(21)18-12-4-3-10(16)7-11(12)17/h3-4,7H,5-6,17H2,1-2H3,(H,18,21). The van der Waals surface area contributed by atoms with Crippen molar-refractivity contribution in [2.45, 2.75) is 26.8 Å². The second kappa shape index (κ2) is 6.49. The minimum absolute atomic E-state index is 0.118. The number of benzene rings is 1. The van der Waals surface area contributed by atoms with Gasteiger partial charge in [-0.15, -0.1) is 0 Å². The summed E-state index contributed by atoms with van der Waals surface area (Å²) < 4.78 is 2.79. The molecule has 0 saturated carbocycles. The van der Waals surface area contributed by atoms with Gasteiger partial charge in [0.25, 0.3) is 0 Å². The molecule has 1 amide bonds. The molecule has 0 fully saturated rings. The number of aryl methyl sites for hydroxylation is 2. The fourth-order valence-corrected chi connectivity index (χ4v) is 2.42. The smallest absolute Gasteiger partial charge is 0.226 e. The summed E-state index contributed by atoms with van der Waals surface area (Å²) in [5.41, 5.74) is 8.74. The highest BCUT2D eigenvalue weighted by molar-refractivity contribution is 9.10. The van der Waals surface area contributed by atoms with Crippen LogP contribution in [0.3, 0.4) is 0 Å². The molecule has 0 aliphatic carbocycles. The molecule has 5 nitrogen and oxygen atoms in total. The number of hydrogen-bond acceptors (Lipinski definition) is 3. The van der Waals surface area contributed by atoms with Crippen molar-refractivity contribution < 1.29 is 4.79 Å². The molecule has 1 aromatic carbocycles. The first-order valence-corrected chi connectivity index (χ1v) is 7.60. The number of aromatic nitrogens is 2. The average molecular weight is 372 g/mol. The summed E-state index contributed by atoms with van der Waals surface area (Å²) in [6.45, 7) is 4.39. The van der Waals surface area contributed by atoms with Crippen molar-refractivity contribution in [1.29, 1.82) is 0 Å². The van der Waals surface area contributed by atoms with Crippen LogP contribution in [0.4, 0.5) is 11.4 Å². The van der Waals surface area contributed by atoms with Crippen molar-refractivity contribution in [2.75, 3.05) is 11.1 Å². The lowest BCUT2D eigenvalue weighted by Gasteiger charge is -2.09. The van der Waals surface area contributed by atoms with Crippen LogP contribution in [-0.4, -0.2) is 15.7 Å². The third kappa shape index (κ3) is 3.77. The van der Waals surface area contributed by atoms with Crippen LogP contribution in [-0.2, 0) is 11.3 Å². The van der Waals surface area contributed by atoms with Gasteiger partial charge in [-0.3, -0.25) is 9.48 Å². The molecular formula is C14H16BrClN4O. The van der Waals surface area contributed by atoms with E-state index in [1.54, 1.807) is 18.2 Å². The number of nitrogens with one attached hydrogen (secondary N) is 1. The first-order valence-electron chi connectivity index (χ1n) is 6.43. The largest absolute Gasteiger partial charge is 0.397 e. The Bertz CT molecular complexity index is 684. The Morgan fingerprint density at radius 2 is 2.19 bits per heavy atom. The van der Waals surface area contributed by atoms with E-state index in [1.165, 1.54) is 0 Å². The van der Waals surface area contributed by atoms with Crippen molar-refractivity contribution >= 4 is 44.8 Å². The number of nitrogen functional groups attached to an aromatic ring is 1. The minimum atomic E-state index is -0.118. The summed E-state index contributed by atoms with van der Waals surface area (Å²) in [7, 11) is 0. The number of rotatable bonds is 4. The van der Waals surface area contributed by atoms with Crippen LogP contribution in [0.2, 0.25) is 5.02 Å². The van der Waals surface area contributed by atoms with E-state index < -0.39 is 0 Å². The molecule has 2 aromatic rings. The molecule has 21 heavy (non-hydrogen) atoms. The van der Waals surface area contributed by atoms with Crippen LogP contribution in [0.25, 0.3) is 0 Å². The molecule has 0 radical (unpaired) electrons. The number of carbonyl (C=O) groups excluding carboxylic acids is 1. The van der Waals surface area contributed by atoms with Crippen molar-refractivity contribution in [3.63, 3.8) is 0 Å². The van der Waals surface area contributed by atoms with Crippen LogP contribution in [0, 0.1) is 13.8 Å². The molecule has 1 aromatic heterocycles. The lowest BCUT2D eigenvalue weighted by molar-refractivity contribution is -0.116. The monoisotopic (exact) mass is 370 g/mol. The third-order valence-corrected chi connectivity index (χ3v) is 4.51. The summed E-state index contributed by atoms with van der Waals surface area (Å²) in [4.78, 5) is 12.0. The predicted molar refractivity (Wildman–Crippen MR) is 88.5 cm³/mol. The van der Waals surface area contributed by atoms with E-state index in [0.717, 1.165) is 15.9 Å². The van der Waals surface area contributed by atoms with E-state index in [1.807, 2.05) is 18.5 Å². The molecule has 0 spiro atoms. The van der Waals surface area contributed by atoms with Gasteiger partial charge in [-0.2, -0.15) is 5.10 Å². The second-order valence-corrected chi connectivity index (χ2v) is 5.97. The van der Waals surface area contributed by atoms with Gasteiger partial charge in [0, 0.05) is 17.1 Å². The quantitative estimate of drug-likeness (QED) is 0.808. The number of hydrogen-bond donors (Lipinski definition) is 2. The number of carbonyl (C=O) groups is 1. The molecule has 3 N–H and O–H groups in total. The third-order valence-electron chi connectivity index (χ3n) is 3.13. The lowest BCUT2D eigenvalue weighted by atomic mass is 10.2. The van der Waals surface area contributed by atoms with Gasteiger partial charge in [0.2, 0.25) is 5.91 Å². The number of amides is 1. The van der Waals surface area contributed by atoms with Gasteiger partial charge in [0.1, 0.15) is 0 Å². The van der Waals surface area contributed by atoms with Crippen molar-refractivity contribution in [1.82, 2.24) is 9.78 Å². The minimum Gasteiger partial charge on any atom is -0.397 e. The highest BCUT2D eigenvalue weighted by atomic mass is 79.9. The van der Waals surface area contributed by atoms with E-state index >= 15 is 0 Å². The Morgan fingerprint density at radius 3 is 2.76 bits per heavy atom. The van der Waals surface area contributed by atoms with Gasteiger partial charge >= 0.3 is 0 Å². The zero-order chi connectivity index (χ0) is 15.6. The van der Waals surface area contributed by atoms with Crippen LogP contribution < -0.4 is 11.1 Å². The Morgan fingerprint density at radius 1 is 1.48 bits per heavy atom.